The summed E-state index contributed by atoms with van der Waals surface area (Å²) in [6.07, 6.45) is 5.72. The summed E-state index contributed by atoms with van der Waals surface area (Å²) < 4.78 is 42.8. The van der Waals surface area contributed by atoms with E-state index >= 15 is 0 Å². The van der Waals surface area contributed by atoms with Gasteiger partial charge in [0.15, 0.2) is 0 Å². The Morgan fingerprint density at radius 2 is 1.71 bits per heavy atom. The lowest BCUT2D eigenvalue weighted by molar-refractivity contribution is 0.0750. The van der Waals surface area contributed by atoms with Crippen molar-refractivity contribution in [1.82, 2.24) is 20.2 Å². The van der Waals surface area contributed by atoms with Crippen LogP contribution < -0.4 is 5.32 Å². The fourth-order valence-corrected chi connectivity index (χ4v) is 5.56. The molecule has 1 aliphatic heterocycles. The van der Waals surface area contributed by atoms with Crippen LogP contribution in [0, 0.1) is 36.7 Å². The minimum atomic E-state index is -0.954. The number of nitrogens with zero attached hydrogens (tertiary/aromatic N) is 3. The van der Waals surface area contributed by atoms with E-state index in [1.165, 1.54) is 12.1 Å². The highest BCUT2D eigenvalue weighted by Crippen LogP contribution is 2.44. The smallest absolute Gasteiger partial charge is 0.270 e. The number of nitrogens with one attached hydrogen (secondary N) is 1. The molecule has 1 saturated heterocycles. The van der Waals surface area contributed by atoms with Gasteiger partial charge in [0.1, 0.15) is 28.8 Å². The second kappa shape index (κ2) is 10.2. The topological polar surface area (TPSA) is 75.2 Å². The Bertz CT molecular complexity index is 1380. The maximum absolute atomic E-state index is 14.4. The van der Waals surface area contributed by atoms with Crippen molar-refractivity contribution < 1.29 is 22.8 Å². The molecule has 6 nitrogen and oxygen atoms in total. The molecule has 1 spiro atoms. The molecule has 1 saturated carbocycles. The zero-order chi connectivity index (χ0) is 27.0. The van der Waals surface area contributed by atoms with Gasteiger partial charge in [-0.05, 0) is 87.3 Å². The molecule has 2 fully saturated rings. The van der Waals surface area contributed by atoms with Crippen LogP contribution in [0.5, 0.6) is 0 Å². The first-order valence-corrected chi connectivity index (χ1v) is 12.8. The lowest BCUT2D eigenvalue weighted by atomic mass is 9.72. The number of aromatic nitrogens is 2. The summed E-state index contributed by atoms with van der Waals surface area (Å²) in [7, 11) is 0. The number of amides is 2. The average molecular weight is 523 g/mol. The van der Waals surface area contributed by atoms with Crippen LogP contribution in [0.2, 0.25) is 0 Å². The summed E-state index contributed by atoms with van der Waals surface area (Å²) in [5.41, 5.74) is 1.28. The first-order valence-electron chi connectivity index (χ1n) is 12.8. The highest BCUT2D eigenvalue weighted by atomic mass is 19.1. The molecule has 2 aromatic heterocycles. The second-order valence-corrected chi connectivity index (χ2v) is 10.5. The molecule has 9 heteroatoms. The molecule has 5 rings (SSSR count). The van der Waals surface area contributed by atoms with Crippen LogP contribution in [0.4, 0.5) is 13.2 Å². The van der Waals surface area contributed by atoms with Crippen LogP contribution in [-0.4, -0.2) is 45.8 Å². The van der Waals surface area contributed by atoms with E-state index in [0.717, 1.165) is 61.6 Å². The van der Waals surface area contributed by atoms with Crippen molar-refractivity contribution in [3.05, 3.63) is 82.6 Å². The van der Waals surface area contributed by atoms with Crippen molar-refractivity contribution in [2.24, 2.45) is 5.41 Å². The van der Waals surface area contributed by atoms with Crippen LogP contribution in [-0.2, 0) is 0 Å². The predicted octanol–water partition coefficient (Wildman–Crippen LogP) is 5.38. The first-order chi connectivity index (χ1) is 18.2. The zero-order valence-electron chi connectivity index (χ0n) is 21.4. The van der Waals surface area contributed by atoms with Crippen molar-refractivity contribution >= 4 is 11.8 Å². The summed E-state index contributed by atoms with van der Waals surface area (Å²) in [5.74, 6) is -3.34. The number of pyridine rings is 2. The molecule has 0 unspecified atom stereocenters. The molecule has 1 N–H and O–H groups in total. The third-order valence-corrected chi connectivity index (χ3v) is 7.97. The number of benzene rings is 1. The van der Waals surface area contributed by atoms with Crippen molar-refractivity contribution in [2.45, 2.75) is 52.0 Å². The second-order valence-electron chi connectivity index (χ2n) is 10.5. The first kappa shape index (κ1) is 25.9. The van der Waals surface area contributed by atoms with Gasteiger partial charge in [-0.25, -0.2) is 18.2 Å². The number of carbonyl (C=O) groups is 2. The molecule has 3 heterocycles. The van der Waals surface area contributed by atoms with Crippen LogP contribution >= 0.6 is 0 Å². The van der Waals surface area contributed by atoms with Crippen molar-refractivity contribution in [3.63, 3.8) is 0 Å². The summed E-state index contributed by atoms with van der Waals surface area (Å²) in [4.78, 5) is 36.1. The van der Waals surface area contributed by atoms with Crippen molar-refractivity contribution in [1.29, 1.82) is 0 Å². The van der Waals surface area contributed by atoms with E-state index in [-0.39, 0.29) is 23.1 Å². The van der Waals surface area contributed by atoms with Crippen molar-refractivity contribution in [2.75, 3.05) is 13.1 Å². The van der Waals surface area contributed by atoms with Gasteiger partial charge in [0, 0.05) is 31.0 Å². The van der Waals surface area contributed by atoms with Crippen LogP contribution in [0.3, 0.4) is 0 Å². The molecule has 198 valence electrons. The quantitative estimate of drug-likeness (QED) is 0.499. The van der Waals surface area contributed by atoms with Crippen LogP contribution in [0.25, 0.3) is 11.3 Å². The van der Waals surface area contributed by atoms with Crippen molar-refractivity contribution in [3.8, 4) is 11.3 Å². The van der Waals surface area contributed by atoms with E-state index in [0.29, 0.717) is 18.7 Å². The minimum absolute atomic E-state index is 0.00243. The van der Waals surface area contributed by atoms with Gasteiger partial charge in [0.25, 0.3) is 11.8 Å². The Kier molecular flexibility index (Phi) is 6.94. The summed E-state index contributed by atoms with van der Waals surface area (Å²) in [6.45, 7) is 5.23. The maximum Gasteiger partial charge on any atom is 0.270 e. The Labute approximate surface area is 219 Å². The molecule has 0 atom stereocenters. The number of rotatable bonds is 4. The molecule has 1 aromatic carbocycles. The van der Waals surface area contributed by atoms with Gasteiger partial charge < -0.3 is 10.2 Å². The summed E-state index contributed by atoms with van der Waals surface area (Å²) in [6, 6.07) is 7.19. The zero-order valence-corrected chi connectivity index (χ0v) is 21.4. The lowest BCUT2D eigenvalue weighted by Crippen LogP contribution is -2.42. The van der Waals surface area contributed by atoms with E-state index in [2.05, 4.69) is 15.3 Å². The highest BCUT2D eigenvalue weighted by Gasteiger charge is 2.42. The van der Waals surface area contributed by atoms with Crippen LogP contribution in [0.15, 0.2) is 42.6 Å². The summed E-state index contributed by atoms with van der Waals surface area (Å²) in [5, 5.41) is 2.94. The third kappa shape index (κ3) is 5.01. The standard InChI is InChI=1S/C29H29F3N4O2/c1-17-14-19(15-33-18(17)2)28(38)36-13-12-29(16-36)10-8-20(9-11-29)34-27(37)24-7-6-23(32)26(35-24)25-21(30)4-3-5-22(25)31/h3-7,14-15,20H,8-13,16H2,1-2H3,(H,34,37). The maximum atomic E-state index is 14.4. The predicted molar refractivity (Wildman–Crippen MR) is 136 cm³/mol. The Morgan fingerprint density at radius 3 is 2.39 bits per heavy atom. The van der Waals surface area contributed by atoms with Crippen LogP contribution in [0.1, 0.15) is 64.2 Å². The van der Waals surface area contributed by atoms with E-state index in [9.17, 15) is 22.8 Å². The number of aryl methyl sites for hydroxylation is 2. The minimum Gasteiger partial charge on any atom is -0.348 e. The van der Waals surface area contributed by atoms with E-state index in [4.69, 9.17) is 0 Å². The number of carbonyl (C=O) groups excluding carboxylic acids is 2. The monoisotopic (exact) mass is 522 g/mol. The van der Waals surface area contributed by atoms with Gasteiger partial charge >= 0.3 is 0 Å². The van der Waals surface area contributed by atoms with Gasteiger partial charge in [0.05, 0.1) is 11.1 Å². The number of likely N-dealkylation sites (tertiary alicyclic amines) is 1. The largest absolute Gasteiger partial charge is 0.348 e. The highest BCUT2D eigenvalue weighted by molar-refractivity contribution is 5.94. The summed E-state index contributed by atoms with van der Waals surface area (Å²) >= 11 is 0. The lowest BCUT2D eigenvalue weighted by Gasteiger charge is -2.37. The molecular formula is C29H29F3N4O2. The molecular weight excluding hydrogens is 493 g/mol. The Hall–Kier alpha value is -3.75. The van der Waals surface area contributed by atoms with E-state index < -0.39 is 34.6 Å². The molecule has 2 aliphatic rings. The van der Waals surface area contributed by atoms with Gasteiger partial charge in [0.2, 0.25) is 0 Å². The molecule has 2 amide bonds. The normalized spacial score (nSPS) is 21.1. The van der Waals surface area contributed by atoms with Gasteiger partial charge in [-0.2, -0.15) is 0 Å². The SMILES string of the molecule is Cc1cc(C(=O)N2CCC3(CCC(NC(=O)c4ccc(F)c(-c5c(F)cccc5F)n4)CC3)C2)cnc1C. The molecule has 0 bridgehead atoms. The average Bonchev–Trinajstić information content (AvgIpc) is 3.31. The number of hydrogen-bond acceptors (Lipinski definition) is 4. The molecule has 38 heavy (non-hydrogen) atoms. The number of hydrogen-bond donors (Lipinski definition) is 1. The fourth-order valence-electron chi connectivity index (χ4n) is 5.56. The number of halogens is 3. The van der Waals surface area contributed by atoms with E-state index in [1.807, 2.05) is 24.8 Å². The molecule has 1 aliphatic carbocycles. The third-order valence-electron chi connectivity index (χ3n) is 7.97. The van der Waals surface area contributed by atoms with Gasteiger partial charge in [-0.3, -0.25) is 14.6 Å². The van der Waals surface area contributed by atoms with Gasteiger partial charge in [-0.15, -0.1) is 0 Å². The van der Waals surface area contributed by atoms with Gasteiger partial charge in [-0.1, -0.05) is 6.07 Å². The molecule has 3 aromatic rings. The van der Waals surface area contributed by atoms with E-state index in [1.54, 1.807) is 6.20 Å². The fraction of sp³-hybridized carbons (Fsp3) is 0.379. The molecule has 0 radical (unpaired) electrons. The Balaban J connectivity index is 1.21. The Morgan fingerprint density at radius 1 is 1.00 bits per heavy atom.